The molecule has 5 heteroatoms. The summed E-state index contributed by atoms with van der Waals surface area (Å²) in [5.74, 6) is -0.168. The Morgan fingerprint density at radius 3 is 2.90 bits per heavy atom. The zero-order valence-electron chi connectivity index (χ0n) is 12.2. The highest BCUT2D eigenvalue weighted by molar-refractivity contribution is 6.00. The lowest BCUT2D eigenvalue weighted by molar-refractivity contribution is -0.114. The third-order valence-electron chi connectivity index (χ3n) is 4.62. The number of ether oxygens (including phenoxy) is 1. The van der Waals surface area contributed by atoms with Gasteiger partial charge in [-0.2, -0.15) is 0 Å². The molecule has 0 N–H and O–H groups in total. The number of hydrogen-bond acceptors (Lipinski definition) is 3. The maximum atomic E-state index is 14.2. The smallest absolute Gasteiger partial charge is 0.409 e. The largest absolute Gasteiger partial charge is 0.450 e. The standard InChI is InChI=1S/C16H20FNO3/c1-2-21-16(20)18-7-5-10-9-13(17)12-3-4-14(19)15(12)11(10)6-8-18/h9,12-13H,2-8H2,1H3. The van der Waals surface area contributed by atoms with Crippen LogP contribution in [-0.2, 0) is 9.53 Å². The van der Waals surface area contributed by atoms with Crippen molar-refractivity contribution in [2.75, 3.05) is 19.7 Å². The molecule has 0 spiro atoms. The normalized spacial score (nSPS) is 28.8. The van der Waals surface area contributed by atoms with Crippen LogP contribution in [0.25, 0.3) is 0 Å². The van der Waals surface area contributed by atoms with Crippen LogP contribution < -0.4 is 0 Å². The number of carbonyl (C=O) groups is 2. The van der Waals surface area contributed by atoms with Gasteiger partial charge >= 0.3 is 6.09 Å². The number of ketones is 1. The van der Waals surface area contributed by atoms with Crippen molar-refractivity contribution in [3.63, 3.8) is 0 Å². The average molecular weight is 293 g/mol. The number of halogens is 1. The highest BCUT2D eigenvalue weighted by Crippen LogP contribution is 2.43. The van der Waals surface area contributed by atoms with Crippen molar-refractivity contribution in [1.82, 2.24) is 4.90 Å². The number of Topliss-reactive ketones (excluding diaryl/α,β-unsaturated/α-hetero) is 1. The molecule has 0 aromatic heterocycles. The zero-order chi connectivity index (χ0) is 15.0. The van der Waals surface area contributed by atoms with Gasteiger partial charge in [0, 0.05) is 31.0 Å². The van der Waals surface area contributed by atoms with Crippen molar-refractivity contribution < 1.29 is 18.7 Å². The minimum atomic E-state index is -1.06. The van der Waals surface area contributed by atoms with E-state index in [1.54, 1.807) is 17.9 Å². The SMILES string of the molecule is CCOC(=O)N1CCC2=CC(F)C3CCC(=O)C3=C2CC1. The van der Waals surface area contributed by atoms with E-state index < -0.39 is 6.17 Å². The van der Waals surface area contributed by atoms with Crippen molar-refractivity contribution in [2.45, 2.75) is 38.8 Å². The van der Waals surface area contributed by atoms with E-state index in [0.717, 1.165) is 11.1 Å². The van der Waals surface area contributed by atoms with Crippen LogP contribution in [0.2, 0.25) is 0 Å². The first-order valence-electron chi connectivity index (χ1n) is 7.65. The lowest BCUT2D eigenvalue weighted by Gasteiger charge is -2.24. The minimum absolute atomic E-state index is 0.0906. The quantitative estimate of drug-likeness (QED) is 0.747. The molecule has 1 saturated heterocycles. The summed E-state index contributed by atoms with van der Waals surface area (Å²) in [6.07, 6.45) is 2.56. The molecule has 3 aliphatic rings. The molecule has 1 heterocycles. The van der Waals surface area contributed by atoms with Crippen molar-refractivity contribution in [3.05, 3.63) is 22.8 Å². The Morgan fingerprint density at radius 1 is 1.38 bits per heavy atom. The summed E-state index contributed by atoms with van der Waals surface area (Å²) in [7, 11) is 0. The number of likely N-dealkylation sites (tertiary alicyclic amines) is 1. The number of amides is 1. The second-order valence-electron chi connectivity index (χ2n) is 5.78. The van der Waals surface area contributed by atoms with E-state index in [1.165, 1.54) is 0 Å². The Labute approximate surface area is 123 Å². The lowest BCUT2D eigenvalue weighted by Crippen LogP contribution is -2.32. The molecule has 0 aromatic carbocycles. The Morgan fingerprint density at radius 2 is 2.14 bits per heavy atom. The molecule has 1 saturated carbocycles. The van der Waals surface area contributed by atoms with Gasteiger partial charge in [0.1, 0.15) is 6.17 Å². The van der Waals surface area contributed by atoms with Gasteiger partial charge in [-0.15, -0.1) is 0 Å². The first-order chi connectivity index (χ1) is 10.1. The maximum absolute atomic E-state index is 14.2. The molecule has 2 aliphatic carbocycles. The Balaban J connectivity index is 1.86. The van der Waals surface area contributed by atoms with Gasteiger partial charge in [-0.05, 0) is 43.4 Å². The second-order valence-corrected chi connectivity index (χ2v) is 5.78. The summed E-state index contributed by atoms with van der Waals surface area (Å²) >= 11 is 0. The summed E-state index contributed by atoms with van der Waals surface area (Å²) in [4.78, 5) is 25.6. The van der Waals surface area contributed by atoms with Crippen molar-refractivity contribution in [2.24, 2.45) is 5.92 Å². The predicted octanol–water partition coefficient (Wildman–Crippen LogP) is 2.79. The van der Waals surface area contributed by atoms with E-state index >= 15 is 0 Å². The van der Waals surface area contributed by atoms with Crippen LogP contribution in [0.5, 0.6) is 0 Å². The van der Waals surface area contributed by atoms with Crippen molar-refractivity contribution >= 4 is 11.9 Å². The number of fused-ring (bicyclic) bond motifs is 2. The van der Waals surface area contributed by atoms with E-state index in [4.69, 9.17) is 4.74 Å². The molecule has 2 fully saturated rings. The molecule has 0 bridgehead atoms. The molecular formula is C16H20FNO3. The van der Waals surface area contributed by atoms with Crippen LogP contribution in [0.1, 0.15) is 32.6 Å². The van der Waals surface area contributed by atoms with Crippen LogP contribution in [0.15, 0.2) is 22.8 Å². The Bertz CT molecular complexity index is 538. The van der Waals surface area contributed by atoms with Crippen LogP contribution in [0, 0.1) is 5.92 Å². The van der Waals surface area contributed by atoms with Crippen LogP contribution >= 0.6 is 0 Å². The molecule has 4 nitrogen and oxygen atoms in total. The number of nitrogens with zero attached hydrogens (tertiary/aromatic N) is 1. The van der Waals surface area contributed by atoms with Gasteiger partial charge < -0.3 is 9.64 Å². The first-order valence-corrected chi connectivity index (χ1v) is 7.65. The first kappa shape index (κ1) is 14.3. The minimum Gasteiger partial charge on any atom is -0.450 e. The van der Waals surface area contributed by atoms with E-state index in [0.29, 0.717) is 51.0 Å². The van der Waals surface area contributed by atoms with Gasteiger partial charge in [0.25, 0.3) is 0 Å². The maximum Gasteiger partial charge on any atom is 0.409 e. The average Bonchev–Trinajstić information content (AvgIpc) is 2.72. The summed E-state index contributed by atoms with van der Waals surface area (Å²) < 4.78 is 19.3. The molecule has 2 unspecified atom stereocenters. The number of rotatable bonds is 1. The predicted molar refractivity (Wildman–Crippen MR) is 75.6 cm³/mol. The third kappa shape index (κ3) is 2.49. The van der Waals surface area contributed by atoms with Gasteiger partial charge in [-0.1, -0.05) is 0 Å². The number of carbonyl (C=O) groups excluding carboxylic acids is 2. The molecule has 0 radical (unpaired) electrons. The van der Waals surface area contributed by atoms with Crippen LogP contribution in [-0.4, -0.2) is 42.6 Å². The lowest BCUT2D eigenvalue weighted by atomic mass is 9.81. The fourth-order valence-corrected chi connectivity index (χ4v) is 3.61. The highest BCUT2D eigenvalue weighted by atomic mass is 19.1. The van der Waals surface area contributed by atoms with E-state index in [9.17, 15) is 14.0 Å². The Kier molecular flexibility index (Phi) is 3.83. The van der Waals surface area contributed by atoms with Gasteiger partial charge in [0.05, 0.1) is 6.61 Å². The van der Waals surface area contributed by atoms with Crippen molar-refractivity contribution in [1.29, 1.82) is 0 Å². The van der Waals surface area contributed by atoms with Crippen molar-refractivity contribution in [3.8, 4) is 0 Å². The highest BCUT2D eigenvalue weighted by Gasteiger charge is 2.40. The van der Waals surface area contributed by atoms with Gasteiger partial charge in [-0.25, -0.2) is 9.18 Å². The van der Waals surface area contributed by atoms with E-state index in [-0.39, 0.29) is 17.8 Å². The monoisotopic (exact) mass is 293 g/mol. The second kappa shape index (κ2) is 5.62. The van der Waals surface area contributed by atoms with Crippen LogP contribution in [0.3, 0.4) is 0 Å². The number of allylic oxidation sites excluding steroid dienone is 2. The summed E-state index contributed by atoms with van der Waals surface area (Å²) in [5, 5.41) is 0. The molecule has 2 atom stereocenters. The van der Waals surface area contributed by atoms with Crippen LogP contribution in [0.4, 0.5) is 9.18 Å². The molecule has 0 aromatic rings. The molecule has 114 valence electrons. The van der Waals surface area contributed by atoms with Gasteiger partial charge in [0.2, 0.25) is 0 Å². The summed E-state index contributed by atoms with van der Waals surface area (Å²) in [6.45, 7) is 3.18. The third-order valence-corrected chi connectivity index (χ3v) is 4.62. The summed E-state index contributed by atoms with van der Waals surface area (Å²) in [5.41, 5.74) is 2.60. The summed E-state index contributed by atoms with van der Waals surface area (Å²) in [6, 6.07) is 0. The molecule has 3 rings (SSSR count). The van der Waals surface area contributed by atoms with Gasteiger partial charge in [-0.3, -0.25) is 4.79 Å². The number of hydrogen-bond donors (Lipinski definition) is 0. The molecule has 1 aliphatic heterocycles. The fraction of sp³-hybridized carbons (Fsp3) is 0.625. The molecule has 21 heavy (non-hydrogen) atoms. The molecular weight excluding hydrogens is 273 g/mol. The topological polar surface area (TPSA) is 46.6 Å². The molecule has 1 amide bonds. The van der Waals surface area contributed by atoms with E-state index in [2.05, 4.69) is 0 Å². The van der Waals surface area contributed by atoms with Gasteiger partial charge in [0.15, 0.2) is 5.78 Å². The zero-order valence-corrected chi connectivity index (χ0v) is 12.2. The number of alkyl halides is 1. The fourth-order valence-electron chi connectivity index (χ4n) is 3.61. The Hall–Kier alpha value is -1.65. The van der Waals surface area contributed by atoms with E-state index in [1.807, 2.05) is 0 Å².